The Balaban J connectivity index is 0.674. The Morgan fingerprint density at radius 3 is 2.16 bits per heavy atom. The zero-order valence-corrected chi connectivity index (χ0v) is 51.8. The SMILES string of the molecule is C=C/C=C(\C=C)CNC(=O)C(c1ccc(-c2ccccc2)cc1)N(C(=O)CCc1ccc(OCCCCN(C)CCOCCOCC/C(C=NCCOCCOc2ccc(NC(=O)Nc3nc(CC(=O)N4CCN(C)CC4)cs3)cc2)=N/N)cc1)C1CC1. The van der Waals surface area contributed by atoms with Crippen LogP contribution in [0.2, 0.25) is 0 Å². The number of carbonyl (C=O) groups excluding carboxylic acids is 4. The van der Waals surface area contributed by atoms with Crippen molar-refractivity contribution in [2.24, 2.45) is 15.9 Å². The van der Waals surface area contributed by atoms with Crippen molar-refractivity contribution < 1.29 is 42.9 Å². The maximum Gasteiger partial charge on any atom is 0.325 e. The smallest absolute Gasteiger partial charge is 0.325 e. The molecule has 0 spiro atoms. The van der Waals surface area contributed by atoms with E-state index in [1.807, 2.05) is 89.7 Å². The van der Waals surface area contributed by atoms with Crippen LogP contribution in [0.3, 0.4) is 0 Å². The van der Waals surface area contributed by atoms with Crippen LogP contribution in [0.15, 0.2) is 156 Å². The molecule has 470 valence electrons. The number of aliphatic imine (C=N–C) groups is 1. The largest absolute Gasteiger partial charge is 0.494 e. The fraction of sp³-hybridized carbons (Fsp3) is 0.418. The first-order chi connectivity index (χ1) is 43.0. The zero-order chi connectivity index (χ0) is 62.1. The number of unbranched alkanes of at least 4 members (excludes halogenated alkanes) is 1. The van der Waals surface area contributed by atoms with Gasteiger partial charge in [0.25, 0.3) is 0 Å². The molecule has 1 saturated carbocycles. The monoisotopic (exact) mass is 1220 g/mol. The van der Waals surface area contributed by atoms with E-state index in [2.05, 4.69) is 73.2 Å². The summed E-state index contributed by atoms with van der Waals surface area (Å²) in [6.45, 7) is 16.9. The Labute approximate surface area is 522 Å². The molecular weight excluding hydrogens is 1130 g/mol. The van der Waals surface area contributed by atoms with Crippen molar-refractivity contribution in [1.29, 1.82) is 0 Å². The number of ether oxygens (including phenoxy) is 5. The number of rotatable bonds is 39. The Kier molecular flexibility index (Phi) is 28.8. The van der Waals surface area contributed by atoms with Crippen molar-refractivity contribution >= 4 is 57.8 Å². The van der Waals surface area contributed by atoms with Crippen molar-refractivity contribution in [2.75, 3.05) is 130 Å². The molecule has 4 aromatic carbocycles. The Bertz CT molecular complexity index is 3040. The summed E-state index contributed by atoms with van der Waals surface area (Å²) >= 11 is 1.28. The van der Waals surface area contributed by atoms with Crippen molar-refractivity contribution in [1.82, 2.24) is 29.9 Å². The molecule has 5 amide bonds. The number of aryl methyl sites for hydroxylation is 1. The molecule has 88 heavy (non-hydrogen) atoms. The van der Waals surface area contributed by atoms with Gasteiger partial charge < -0.3 is 59.8 Å². The van der Waals surface area contributed by atoms with Crippen molar-refractivity contribution in [3.8, 4) is 22.6 Å². The van der Waals surface area contributed by atoms with Crippen molar-refractivity contribution in [3.63, 3.8) is 0 Å². The first-order valence-electron chi connectivity index (χ1n) is 30.3. The van der Waals surface area contributed by atoms with E-state index in [-0.39, 0.29) is 43.1 Å². The summed E-state index contributed by atoms with van der Waals surface area (Å²) in [5.41, 5.74) is 6.60. The van der Waals surface area contributed by atoms with E-state index < -0.39 is 12.1 Å². The van der Waals surface area contributed by atoms with E-state index in [1.165, 1.54) is 11.3 Å². The third-order valence-corrected chi connectivity index (χ3v) is 15.5. The minimum Gasteiger partial charge on any atom is -0.494 e. The molecule has 5 N–H and O–H groups in total. The molecule has 2 heterocycles. The lowest BCUT2D eigenvalue weighted by atomic mass is 9.98. The van der Waals surface area contributed by atoms with Crippen LogP contribution in [0.5, 0.6) is 11.5 Å². The number of thiazole rings is 1. The summed E-state index contributed by atoms with van der Waals surface area (Å²) in [6.07, 6.45) is 12.0. The number of nitrogens with zero attached hydrogens (tertiary/aromatic N) is 7. The predicted octanol–water partition coefficient (Wildman–Crippen LogP) is 8.85. The molecule has 2 aliphatic rings. The zero-order valence-electron chi connectivity index (χ0n) is 51.0. The number of aromatic nitrogens is 1. The average molecular weight is 1220 g/mol. The number of piperazine rings is 1. The number of urea groups is 1. The molecular formula is C67H87N11O9S. The number of carbonyl (C=O) groups is 4. The van der Waals surface area contributed by atoms with Gasteiger partial charge in [0.2, 0.25) is 17.7 Å². The van der Waals surface area contributed by atoms with Gasteiger partial charge in [-0.25, -0.2) is 9.78 Å². The van der Waals surface area contributed by atoms with Crippen LogP contribution in [0, 0.1) is 0 Å². The number of allylic oxidation sites excluding steroid dienone is 2. The molecule has 20 nitrogen and oxygen atoms in total. The topological polar surface area (TPSA) is 227 Å². The number of hydrogen-bond acceptors (Lipinski definition) is 16. The number of nitrogens with one attached hydrogen (secondary N) is 3. The van der Waals surface area contributed by atoms with Gasteiger partial charge in [-0.05, 0) is 117 Å². The minimum atomic E-state index is -0.771. The summed E-state index contributed by atoms with van der Waals surface area (Å²) in [7, 11) is 4.13. The number of amides is 5. The first-order valence-corrected chi connectivity index (χ1v) is 31.2. The Hall–Kier alpha value is -8.05. The molecule has 5 aromatic rings. The van der Waals surface area contributed by atoms with Gasteiger partial charge in [-0.3, -0.25) is 24.7 Å². The summed E-state index contributed by atoms with van der Waals surface area (Å²) in [5, 5.41) is 14.6. The molecule has 2 fully saturated rings. The molecule has 1 aromatic heterocycles. The summed E-state index contributed by atoms with van der Waals surface area (Å²) in [5.74, 6) is 6.78. The normalized spacial score (nSPS) is 14.1. The maximum absolute atomic E-state index is 14.1. The lowest BCUT2D eigenvalue weighted by Gasteiger charge is -2.32. The van der Waals surface area contributed by atoms with Gasteiger partial charge in [-0.1, -0.05) is 98.1 Å². The third-order valence-electron chi connectivity index (χ3n) is 14.7. The van der Waals surface area contributed by atoms with Crippen LogP contribution in [0.4, 0.5) is 15.6 Å². The standard InChI is InChI=1S/C67H87N11O9S/c1-5-12-51(6-2)48-70-65(81)64(55-20-18-54(19-21-55)53-13-8-7-9-14-53)78(59-24-25-59)62(79)30-17-52-15-26-60(27-16-52)86-39-11-10-33-75(3)38-42-85-44-43-83-40-31-57(74-68)49-69-32-41-84-45-46-87-61-28-22-56(23-29-61)71-66(82)73-67-72-58(50-88-67)47-63(80)77-36-34-76(4)35-37-77/h5-9,12-16,18-23,26-29,49-50,59,64H,1-2,10-11,17,24-25,30-48,68H2,3-4H3,(H,70,81)(H2,71,72,73,82)/b51-12+,69-49?,74-57-. The molecule has 1 unspecified atom stereocenters. The Morgan fingerprint density at radius 2 is 1.45 bits per heavy atom. The molecule has 1 saturated heterocycles. The van der Waals surface area contributed by atoms with E-state index in [0.29, 0.717) is 113 Å². The molecule has 0 radical (unpaired) electrons. The predicted molar refractivity (Wildman–Crippen MR) is 349 cm³/mol. The fourth-order valence-corrected chi connectivity index (χ4v) is 10.2. The van der Waals surface area contributed by atoms with Gasteiger partial charge in [-0.2, -0.15) is 5.10 Å². The molecule has 7 rings (SSSR count). The average Bonchev–Trinajstić information content (AvgIpc) is 4.36. The van der Waals surface area contributed by atoms with E-state index in [1.54, 1.807) is 48.0 Å². The lowest BCUT2D eigenvalue weighted by molar-refractivity contribution is -0.141. The number of hydrogen-bond donors (Lipinski definition) is 4. The van der Waals surface area contributed by atoms with Crippen molar-refractivity contribution in [3.05, 3.63) is 162 Å². The Morgan fingerprint density at radius 1 is 0.773 bits per heavy atom. The van der Waals surface area contributed by atoms with Crippen molar-refractivity contribution in [2.45, 2.75) is 63.5 Å². The quantitative estimate of drug-likeness (QED) is 0.00949. The van der Waals surface area contributed by atoms with Crippen LogP contribution in [-0.2, 0) is 41.4 Å². The number of hydrazone groups is 1. The minimum absolute atomic E-state index is 0.00631. The van der Waals surface area contributed by atoms with Gasteiger partial charge in [0.1, 0.15) is 24.1 Å². The molecule has 1 atom stereocenters. The van der Waals surface area contributed by atoms with Crippen LogP contribution in [-0.4, -0.2) is 186 Å². The van der Waals surface area contributed by atoms with Crippen LogP contribution in [0.25, 0.3) is 11.1 Å². The highest BCUT2D eigenvalue weighted by Crippen LogP contribution is 2.36. The number of benzene rings is 4. The van der Waals surface area contributed by atoms with Gasteiger partial charge in [0, 0.05) is 75.4 Å². The summed E-state index contributed by atoms with van der Waals surface area (Å²) in [6, 6.07) is 31.8. The second-order valence-electron chi connectivity index (χ2n) is 21.5. The van der Waals surface area contributed by atoms with Gasteiger partial charge >= 0.3 is 6.03 Å². The third kappa shape index (κ3) is 23.9. The molecule has 21 heteroatoms. The number of likely N-dealkylation sites (N-methyl/N-ethyl adjacent to an activating group) is 2. The second kappa shape index (κ2) is 37.6. The van der Waals surface area contributed by atoms with E-state index in [4.69, 9.17) is 29.5 Å². The number of nitrogens with two attached hydrogens (primary N) is 1. The van der Waals surface area contributed by atoms with E-state index in [9.17, 15) is 19.2 Å². The van der Waals surface area contributed by atoms with Gasteiger partial charge in [0.15, 0.2) is 5.13 Å². The highest BCUT2D eigenvalue weighted by Gasteiger charge is 2.41. The highest BCUT2D eigenvalue weighted by atomic mass is 32.1. The summed E-state index contributed by atoms with van der Waals surface area (Å²) < 4.78 is 29.0. The first kappa shape index (κ1) is 67.5. The highest BCUT2D eigenvalue weighted by molar-refractivity contribution is 7.14. The van der Waals surface area contributed by atoms with Gasteiger partial charge in [-0.15, -0.1) is 11.3 Å². The maximum atomic E-state index is 14.1. The molecule has 1 aliphatic carbocycles. The van der Waals surface area contributed by atoms with E-state index >= 15 is 0 Å². The molecule has 1 aliphatic heterocycles. The molecule has 0 bridgehead atoms. The second-order valence-corrected chi connectivity index (χ2v) is 22.4. The van der Waals surface area contributed by atoms with Crippen LogP contribution < -0.4 is 31.3 Å². The lowest BCUT2D eigenvalue weighted by Crippen LogP contribution is -2.47. The van der Waals surface area contributed by atoms with Gasteiger partial charge in [0.05, 0.1) is 70.6 Å². The summed E-state index contributed by atoms with van der Waals surface area (Å²) in [4.78, 5) is 70.3. The van der Waals surface area contributed by atoms with Crippen LogP contribution >= 0.6 is 11.3 Å². The van der Waals surface area contributed by atoms with Crippen LogP contribution in [0.1, 0.15) is 61.4 Å². The number of anilines is 2. The fourth-order valence-electron chi connectivity index (χ4n) is 9.54. The van der Waals surface area contributed by atoms with E-state index in [0.717, 1.165) is 85.4 Å².